The number of carbonyl (C=O) groups is 3. The van der Waals surface area contributed by atoms with Gasteiger partial charge in [-0.2, -0.15) is 0 Å². The van der Waals surface area contributed by atoms with Crippen molar-refractivity contribution in [3.63, 3.8) is 0 Å². The number of hydrogen-bond donors (Lipinski definition) is 3. The lowest BCUT2D eigenvalue weighted by Crippen LogP contribution is -2.45. The number of urea groups is 1. The molecule has 1 fully saturated rings. The van der Waals surface area contributed by atoms with Gasteiger partial charge in [0.2, 0.25) is 0 Å². The summed E-state index contributed by atoms with van der Waals surface area (Å²) in [6.45, 7) is 0. The summed E-state index contributed by atoms with van der Waals surface area (Å²) in [5.41, 5.74) is 4.18. The van der Waals surface area contributed by atoms with Crippen LogP contribution in [0.2, 0.25) is 0 Å². The molecule has 1 atom stereocenters. The Labute approximate surface area is 107 Å². The van der Waals surface area contributed by atoms with E-state index < -0.39 is 23.4 Å². The normalized spacial score (nSPS) is 24.1. The highest BCUT2D eigenvalue weighted by molar-refractivity contribution is 6.10. The van der Waals surface area contributed by atoms with Crippen LogP contribution in [0, 0.1) is 0 Å². The summed E-state index contributed by atoms with van der Waals surface area (Å²) in [7, 11) is 0. The van der Waals surface area contributed by atoms with E-state index >= 15 is 0 Å². The van der Waals surface area contributed by atoms with Gasteiger partial charge in [-0.1, -0.05) is 18.2 Å². The van der Waals surface area contributed by atoms with Crippen molar-refractivity contribution < 1.29 is 19.1 Å². The molecule has 0 aromatic heterocycles. The lowest BCUT2D eigenvalue weighted by Gasteiger charge is -2.29. The molecule has 7 heteroatoms. The van der Waals surface area contributed by atoms with E-state index in [1.165, 1.54) is 6.08 Å². The van der Waals surface area contributed by atoms with Crippen molar-refractivity contribution in [1.82, 2.24) is 10.6 Å². The Morgan fingerprint density at radius 3 is 2.63 bits per heavy atom. The van der Waals surface area contributed by atoms with Gasteiger partial charge >= 0.3 is 6.03 Å². The van der Waals surface area contributed by atoms with Gasteiger partial charge in [-0.15, -0.1) is 0 Å². The quantitative estimate of drug-likeness (QED) is 0.589. The van der Waals surface area contributed by atoms with Crippen molar-refractivity contribution in [2.24, 2.45) is 5.73 Å². The van der Waals surface area contributed by atoms with E-state index in [9.17, 15) is 14.4 Å². The molecular formula is C12H9N3O4. The molecule has 0 aliphatic carbocycles. The van der Waals surface area contributed by atoms with E-state index in [0.717, 1.165) is 0 Å². The van der Waals surface area contributed by atoms with Crippen molar-refractivity contribution in [1.29, 1.82) is 0 Å². The van der Waals surface area contributed by atoms with Crippen LogP contribution < -0.4 is 21.1 Å². The Balaban J connectivity index is 2.24. The highest BCUT2D eigenvalue weighted by Crippen LogP contribution is 2.38. The molecule has 3 rings (SSSR count). The summed E-state index contributed by atoms with van der Waals surface area (Å²) >= 11 is 0. The molecule has 1 spiro atoms. The van der Waals surface area contributed by atoms with Crippen molar-refractivity contribution in [2.45, 2.75) is 5.54 Å². The fourth-order valence-electron chi connectivity index (χ4n) is 2.19. The summed E-state index contributed by atoms with van der Waals surface area (Å²) in [5, 5.41) is 4.63. The standard InChI is InChI=1S/C12H9N3O4/c13-9(16)8-5-12(10(17)14-11(18)15-12)6-3-1-2-4-7(6)19-8/h1-5H,(H2,13,16)(H2,14,15,17,18). The molecule has 1 saturated heterocycles. The number of primary amides is 1. The molecule has 2 aliphatic rings. The third-order valence-corrected chi connectivity index (χ3v) is 3.02. The third kappa shape index (κ3) is 1.48. The molecule has 0 radical (unpaired) electrons. The molecule has 4 amide bonds. The van der Waals surface area contributed by atoms with E-state index in [0.29, 0.717) is 11.3 Å². The van der Waals surface area contributed by atoms with Crippen LogP contribution in [0.25, 0.3) is 0 Å². The first kappa shape index (κ1) is 11.3. The second kappa shape index (κ2) is 3.58. The fraction of sp³-hybridized carbons (Fsp3) is 0.0833. The first-order chi connectivity index (χ1) is 9.03. The summed E-state index contributed by atoms with van der Waals surface area (Å²) < 4.78 is 5.32. The molecule has 7 nitrogen and oxygen atoms in total. The van der Waals surface area contributed by atoms with Crippen LogP contribution in [0.15, 0.2) is 36.1 Å². The van der Waals surface area contributed by atoms with E-state index in [4.69, 9.17) is 10.5 Å². The number of ether oxygens (including phenoxy) is 1. The van der Waals surface area contributed by atoms with Crippen LogP contribution in [0.4, 0.5) is 4.79 Å². The van der Waals surface area contributed by atoms with Crippen LogP contribution in [0.5, 0.6) is 5.75 Å². The topological polar surface area (TPSA) is 111 Å². The summed E-state index contributed by atoms with van der Waals surface area (Å²) in [4.78, 5) is 34.7. The molecule has 1 unspecified atom stereocenters. The van der Waals surface area contributed by atoms with Gasteiger partial charge in [0, 0.05) is 11.6 Å². The summed E-state index contributed by atoms with van der Waals surface area (Å²) in [6, 6.07) is 5.97. The van der Waals surface area contributed by atoms with Gasteiger partial charge in [0.1, 0.15) is 5.75 Å². The molecule has 19 heavy (non-hydrogen) atoms. The van der Waals surface area contributed by atoms with E-state index in [1.54, 1.807) is 24.3 Å². The second-order valence-electron chi connectivity index (χ2n) is 4.19. The first-order valence-electron chi connectivity index (χ1n) is 5.46. The van der Waals surface area contributed by atoms with Crippen LogP contribution in [0.3, 0.4) is 0 Å². The van der Waals surface area contributed by atoms with Crippen LogP contribution in [0.1, 0.15) is 5.56 Å². The predicted octanol–water partition coefficient (Wildman–Crippen LogP) is -0.517. The zero-order valence-electron chi connectivity index (χ0n) is 9.60. The number of amides is 4. The molecule has 1 aromatic rings. The smallest absolute Gasteiger partial charge is 0.322 e. The maximum atomic E-state index is 12.0. The number of benzene rings is 1. The van der Waals surface area contributed by atoms with Gasteiger partial charge in [-0.25, -0.2) is 4.79 Å². The van der Waals surface area contributed by atoms with E-state index in [1.807, 2.05) is 0 Å². The summed E-state index contributed by atoms with van der Waals surface area (Å²) in [5.74, 6) is -1.28. The molecule has 2 aliphatic heterocycles. The Kier molecular flexibility index (Phi) is 2.12. The molecular weight excluding hydrogens is 250 g/mol. The monoisotopic (exact) mass is 259 g/mol. The maximum absolute atomic E-state index is 12.0. The molecule has 4 N–H and O–H groups in total. The number of carbonyl (C=O) groups excluding carboxylic acids is 3. The number of imide groups is 1. The molecule has 0 saturated carbocycles. The minimum atomic E-state index is -1.45. The number of hydrogen-bond acceptors (Lipinski definition) is 4. The van der Waals surface area contributed by atoms with Gasteiger partial charge in [-0.05, 0) is 6.07 Å². The predicted molar refractivity (Wildman–Crippen MR) is 62.7 cm³/mol. The molecule has 2 heterocycles. The van der Waals surface area contributed by atoms with Gasteiger partial charge in [0.05, 0.1) is 0 Å². The second-order valence-corrected chi connectivity index (χ2v) is 4.19. The van der Waals surface area contributed by atoms with Gasteiger partial charge in [0.25, 0.3) is 11.8 Å². The Morgan fingerprint density at radius 1 is 1.26 bits per heavy atom. The maximum Gasteiger partial charge on any atom is 0.322 e. The molecule has 0 bridgehead atoms. The lowest BCUT2D eigenvalue weighted by molar-refractivity contribution is -0.123. The lowest BCUT2D eigenvalue weighted by atomic mass is 9.86. The van der Waals surface area contributed by atoms with Crippen molar-refractivity contribution in [3.8, 4) is 5.75 Å². The molecule has 1 aromatic carbocycles. The van der Waals surface area contributed by atoms with Crippen LogP contribution in [-0.2, 0) is 15.1 Å². The van der Waals surface area contributed by atoms with Gasteiger partial charge in [-0.3, -0.25) is 14.9 Å². The third-order valence-electron chi connectivity index (χ3n) is 3.02. The Bertz CT molecular complexity index is 652. The zero-order chi connectivity index (χ0) is 13.6. The van der Waals surface area contributed by atoms with E-state index in [-0.39, 0.29) is 5.76 Å². The fourth-order valence-corrected chi connectivity index (χ4v) is 2.19. The number of nitrogens with one attached hydrogen (secondary N) is 2. The van der Waals surface area contributed by atoms with Crippen molar-refractivity contribution in [2.75, 3.05) is 0 Å². The first-order valence-corrected chi connectivity index (χ1v) is 5.46. The highest BCUT2D eigenvalue weighted by Gasteiger charge is 2.50. The SMILES string of the molecule is NC(=O)C1=CC2(NC(=O)NC2=O)c2ccccc2O1. The number of para-hydroxylation sites is 1. The van der Waals surface area contributed by atoms with Crippen molar-refractivity contribution >= 4 is 17.8 Å². The highest BCUT2D eigenvalue weighted by atomic mass is 16.5. The summed E-state index contributed by atoms with van der Waals surface area (Å²) in [6.07, 6.45) is 1.22. The largest absolute Gasteiger partial charge is 0.451 e. The van der Waals surface area contributed by atoms with Crippen LogP contribution in [-0.4, -0.2) is 17.8 Å². The van der Waals surface area contributed by atoms with Gasteiger partial charge < -0.3 is 15.8 Å². The minimum absolute atomic E-state index is 0.184. The van der Waals surface area contributed by atoms with Crippen LogP contribution >= 0.6 is 0 Å². The zero-order valence-corrected chi connectivity index (χ0v) is 9.60. The minimum Gasteiger partial charge on any atom is -0.451 e. The van der Waals surface area contributed by atoms with E-state index in [2.05, 4.69) is 10.6 Å². The molecule has 96 valence electrons. The average molecular weight is 259 g/mol. The average Bonchev–Trinajstić information content (AvgIpc) is 2.64. The Morgan fingerprint density at radius 2 is 2.00 bits per heavy atom. The Hall–Kier alpha value is -2.83. The number of nitrogens with two attached hydrogens (primary N) is 1. The van der Waals surface area contributed by atoms with Gasteiger partial charge in [0.15, 0.2) is 11.3 Å². The number of fused-ring (bicyclic) bond motifs is 2. The van der Waals surface area contributed by atoms with Crippen molar-refractivity contribution in [3.05, 3.63) is 41.7 Å². The number of rotatable bonds is 1.